The number of piperidine rings is 1. The van der Waals surface area contributed by atoms with Crippen molar-refractivity contribution in [1.82, 2.24) is 9.88 Å². The Morgan fingerprint density at radius 3 is 2.68 bits per heavy atom. The number of hydrogen-bond donors (Lipinski definition) is 0. The van der Waals surface area contributed by atoms with Crippen molar-refractivity contribution in [2.75, 3.05) is 13.1 Å². The number of pyridine rings is 1. The van der Waals surface area contributed by atoms with Crippen LogP contribution in [0.5, 0.6) is 5.75 Å². The Hall–Kier alpha value is -1.84. The summed E-state index contributed by atoms with van der Waals surface area (Å²) in [4.78, 5) is 19.5. The van der Waals surface area contributed by atoms with Crippen molar-refractivity contribution in [2.45, 2.75) is 52.1 Å². The highest BCUT2D eigenvalue weighted by atomic mass is 16.5. The normalized spacial score (nSPS) is 31.4. The number of nitrogens with zero attached hydrogens (tertiary/aromatic N) is 2. The molecule has 0 N–H and O–H groups in total. The first-order valence-electron chi connectivity index (χ1n) is 9.49. The zero-order chi connectivity index (χ0) is 17.7. The predicted octanol–water partition coefficient (Wildman–Crippen LogP) is 3.83. The summed E-state index contributed by atoms with van der Waals surface area (Å²) in [5.74, 6) is 1.76. The van der Waals surface area contributed by atoms with Crippen molar-refractivity contribution in [3.63, 3.8) is 0 Å². The van der Waals surface area contributed by atoms with E-state index in [9.17, 15) is 4.79 Å². The van der Waals surface area contributed by atoms with Crippen LogP contribution in [-0.4, -0.2) is 35.0 Å². The molecule has 1 aromatic rings. The van der Waals surface area contributed by atoms with E-state index in [2.05, 4.69) is 30.3 Å². The van der Waals surface area contributed by atoms with Gasteiger partial charge in [-0.2, -0.15) is 0 Å². The standard InChI is InChI=1S/C21H28N2O2/c1-15-20(2,3)16-6-9-21(15,13-16)19(24)23-11-7-17(8-12-23)25-18-5-4-10-22-14-18/h4-5,10,14,16-17H,1,6-9,11-13H2,2-3H3/t16-,21+/m0/s1. The third-order valence-corrected chi connectivity index (χ3v) is 6.97. The van der Waals surface area contributed by atoms with Crippen LogP contribution in [0.15, 0.2) is 36.7 Å². The fraction of sp³-hybridized carbons (Fsp3) is 0.619. The molecular formula is C21H28N2O2. The molecule has 134 valence electrons. The van der Waals surface area contributed by atoms with E-state index in [0.717, 1.165) is 44.5 Å². The number of ether oxygens (including phenoxy) is 1. The number of carbonyl (C=O) groups is 1. The Labute approximate surface area is 150 Å². The summed E-state index contributed by atoms with van der Waals surface area (Å²) in [5.41, 5.74) is 0.996. The lowest BCUT2D eigenvalue weighted by molar-refractivity contribution is -0.141. The minimum absolute atomic E-state index is 0.107. The van der Waals surface area contributed by atoms with Gasteiger partial charge < -0.3 is 9.64 Å². The third-order valence-electron chi connectivity index (χ3n) is 6.97. The van der Waals surface area contributed by atoms with Crippen molar-refractivity contribution in [3.8, 4) is 5.75 Å². The molecule has 4 rings (SSSR count). The fourth-order valence-corrected chi connectivity index (χ4v) is 5.21. The molecule has 4 heteroatoms. The zero-order valence-corrected chi connectivity index (χ0v) is 15.3. The molecule has 3 aliphatic rings. The Morgan fingerprint density at radius 1 is 1.32 bits per heavy atom. The van der Waals surface area contributed by atoms with Gasteiger partial charge in [0.05, 0.1) is 11.6 Å². The van der Waals surface area contributed by atoms with Crippen LogP contribution >= 0.6 is 0 Å². The lowest BCUT2D eigenvalue weighted by Gasteiger charge is -2.41. The molecule has 25 heavy (non-hydrogen) atoms. The average Bonchev–Trinajstić information content (AvgIpc) is 3.15. The van der Waals surface area contributed by atoms with Crippen LogP contribution in [0, 0.1) is 16.7 Å². The number of carbonyl (C=O) groups excluding carboxylic acids is 1. The van der Waals surface area contributed by atoms with Gasteiger partial charge in [0.15, 0.2) is 0 Å². The molecule has 4 nitrogen and oxygen atoms in total. The van der Waals surface area contributed by atoms with Gasteiger partial charge in [-0.15, -0.1) is 0 Å². The fourth-order valence-electron chi connectivity index (χ4n) is 5.21. The minimum Gasteiger partial charge on any atom is -0.489 e. The second-order valence-corrected chi connectivity index (χ2v) is 8.52. The lowest BCUT2D eigenvalue weighted by Crippen LogP contribution is -2.49. The van der Waals surface area contributed by atoms with Crippen molar-refractivity contribution >= 4 is 5.91 Å². The number of likely N-dealkylation sites (tertiary alicyclic amines) is 1. The van der Waals surface area contributed by atoms with Crippen LogP contribution in [0.25, 0.3) is 0 Å². The highest BCUT2D eigenvalue weighted by molar-refractivity contribution is 5.87. The summed E-state index contributed by atoms with van der Waals surface area (Å²) >= 11 is 0. The van der Waals surface area contributed by atoms with Crippen molar-refractivity contribution < 1.29 is 9.53 Å². The topological polar surface area (TPSA) is 42.4 Å². The van der Waals surface area contributed by atoms with Crippen molar-refractivity contribution in [2.24, 2.45) is 16.7 Å². The van der Waals surface area contributed by atoms with E-state index < -0.39 is 0 Å². The molecule has 0 spiro atoms. The molecule has 2 aliphatic carbocycles. The molecule has 1 aliphatic heterocycles. The molecule has 0 unspecified atom stereocenters. The summed E-state index contributed by atoms with van der Waals surface area (Å²) in [6.45, 7) is 10.5. The van der Waals surface area contributed by atoms with Crippen LogP contribution in [0.4, 0.5) is 0 Å². The summed E-state index contributed by atoms with van der Waals surface area (Å²) in [6, 6.07) is 3.82. The van der Waals surface area contributed by atoms with Gasteiger partial charge in [-0.1, -0.05) is 26.0 Å². The molecular weight excluding hydrogens is 312 g/mol. The van der Waals surface area contributed by atoms with Crippen LogP contribution < -0.4 is 4.74 Å². The van der Waals surface area contributed by atoms with E-state index in [1.807, 2.05) is 12.1 Å². The van der Waals surface area contributed by atoms with Crippen LogP contribution in [0.3, 0.4) is 0 Å². The van der Waals surface area contributed by atoms with Crippen LogP contribution in [-0.2, 0) is 4.79 Å². The van der Waals surface area contributed by atoms with Crippen molar-refractivity contribution in [1.29, 1.82) is 0 Å². The molecule has 3 fully saturated rings. The Bertz CT molecular complexity index is 676. The third kappa shape index (κ3) is 2.57. The molecule has 0 radical (unpaired) electrons. The second kappa shape index (κ2) is 5.86. The van der Waals surface area contributed by atoms with Gasteiger partial charge in [0.2, 0.25) is 5.91 Å². The van der Waals surface area contributed by atoms with Gasteiger partial charge in [0.25, 0.3) is 0 Å². The zero-order valence-electron chi connectivity index (χ0n) is 15.3. The highest BCUT2D eigenvalue weighted by Gasteiger charge is 2.61. The van der Waals surface area contributed by atoms with E-state index in [-0.39, 0.29) is 16.9 Å². The predicted molar refractivity (Wildman–Crippen MR) is 97.2 cm³/mol. The van der Waals surface area contributed by atoms with E-state index in [4.69, 9.17) is 4.74 Å². The second-order valence-electron chi connectivity index (χ2n) is 8.52. The number of hydrogen-bond acceptors (Lipinski definition) is 3. The molecule has 2 atom stereocenters. The van der Waals surface area contributed by atoms with Gasteiger partial charge in [0, 0.05) is 32.1 Å². The van der Waals surface area contributed by atoms with E-state index in [0.29, 0.717) is 11.8 Å². The maximum absolute atomic E-state index is 13.4. The maximum atomic E-state index is 13.4. The average molecular weight is 340 g/mol. The molecule has 1 saturated heterocycles. The maximum Gasteiger partial charge on any atom is 0.232 e. The summed E-state index contributed by atoms with van der Waals surface area (Å²) in [5, 5.41) is 0. The molecule has 1 aromatic heterocycles. The molecule has 2 saturated carbocycles. The summed E-state index contributed by atoms with van der Waals surface area (Å²) in [7, 11) is 0. The smallest absolute Gasteiger partial charge is 0.232 e. The molecule has 2 heterocycles. The largest absolute Gasteiger partial charge is 0.489 e. The van der Waals surface area contributed by atoms with Crippen LogP contribution in [0.1, 0.15) is 46.0 Å². The number of fused-ring (bicyclic) bond motifs is 2. The highest BCUT2D eigenvalue weighted by Crippen LogP contribution is 2.66. The Balaban J connectivity index is 1.40. The SMILES string of the molecule is C=C1C(C)(C)[C@H]2CC[C@@]1(C(=O)N1CCC(Oc3cccnc3)CC1)C2. The van der Waals surface area contributed by atoms with Gasteiger partial charge in [0.1, 0.15) is 11.9 Å². The van der Waals surface area contributed by atoms with Gasteiger partial charge in [-0.3, -0.25) is 9.78 Å². The molecule has 2 bridgehead atoms. The van der Waals surface area contributed by atoms with E-state index in [1.165, 1.54) is 12.0 Å². The minimum atomic E-state index is -0.286. The molecule has 1 amide bonds. The first kappa shape index (κ1) is 16.6. The van der Waals surface area contributed by atoms with E-state index in [1.54, 1.807) is 12.4 Å². The Morgan fingerprint density at radius 2 is 2.08 bits per heavy atom. The number of aromatic nitrogens is 1. The first-order chi connectivity index (χ1) is 11.9. The lowest BCUT2D eigenvalue weighted by atomic mass is 9.68. The Kier molecular flexibility index (Phi) is 3.89. The van der Waals surface area contributed by atoms with Crippen LogP contribution in [0.2, 0.25) is 0 Å². The number of rotatable bonds is 3. The summed E-state index contributed by atoms with van der Waals surface area (Å²) in [6.07, 6.45) is 8.60. The van der Waals surface area contributed by atoms with Gasteiger partial charge >= 0.3 is 0 Å². The monoisotopic (exact) mass is 340 g/mol. The first-order valence-corrected chi connectivity index (χ1v) is 9.49. The van der Waals surface area contributed by atoms with E-state index >= 15 is 0 Å². The molecule has 0 aromatic carbocycles. The summed E-state index contributed by atoms with van der Waals surface area (Å²) < 4.78 is 6.00. The van der Waals surface area contributed by atoms with Gasteiger partial charge in [-0.05, 0) is 42.7 Å². The van der Waals surface area contributed by atoms with Crippen molar-refractivity contribution in [3.05, 3.63) is 36.7 Å². The quantitative estimate of drug-likeness (QED) is 0.785. The van der Waals surface area contributed by atoms with Gasteiger partial charge in [-0.25, -0.2) is 0 Å². The number of amides is 1.